The third kappa shape index (κ3) is 3.20. The van der Waals surface area contributed by atoms with Gasteiger partial charge in [0, 0.05) is 24.8 Å². The Balaban J connectivity index is 2.91. The molecule has 0 saturated carbocycles. The van der Waals surface area contributed by atoms with Crippen LogP contribution in [0.1, 0.15) is 22.5 Å². The van der Waals surface area contributed by atoms with Crippen molar-refractivity contribution in [1.82, 2.24) is 4.98 Å². The number of rotatable bonds is 5. The summed E-state index contributed by atoms with van der Waals surface area (Å²) in [6.45, 7) is 3.29. The molecule has 0 saturated heterocycles. The average Bonchev–Trinajstić information content (AvgIpc) is 2.24. The maximum atomic E-state index is 11.1. The zero-order chi connectivity index (χ0) is 12.1. The van der Waals surface area contributed by atoms with Gasteiger partial charge in [-0.05, 0) is 32.0 Å². The Morgan fingerprint density at radius 2 is 2.19 bits per heavy atom. The standard InChI is InChI=1S/C11H18N4O/c1-8-6-9(11(13)16)7-10(14-8)15(2)5-3-4-12/h6-7H,3-5,12H2,1-2H3,(H2,13,16). The van der Waals surface area contributed by atoms with Gasteiger partial charge >= 0.3 is 0 Å². The predicted octanol–water partition coefficient (Wildman–Crippen LogP) is 0.274. The third-order valence-electron chi connectivity index (χ3n) is 2.31. The van der Waals surface area contributed by atoms with Gasteiger partial charge in [-0.2, -0.15) is 0 Å². The highest BCUT2D eigenvalue weighted by Gasteiger charge is 2.07. The highest BCUT2D eigenvalue weighted by atomic mass is 16.1. The van der Waals surface area contributed by atoms with Crippen LogP contribution in [0.5, 0.6) is 0 Å². The first-order chi connectivity index (χ1) is 7.54. The largest absolute Gasteiger partial charge is 0.366 e. The van der Waals surface area contributed by atoms with Crippen LogP contribution in [0.3, 0.4) is 0 Å². The summed E-state index contributed by atoms with van der Waals surface area (Å²) in [4.78, 5) is 17.4. The number of nitrogens with zero attached hydrogens (tertiary/aromatic N) is 2. The summed E-state index contributed by atoms with van der Waals surface area (Å²) < 4.78 is 0. The van der Waals surface area contributed by atoms with Crippen molar-refractivity contribution in [2.45, 2.75) is 13.3 Å². The van der Waals surface area contributed by atoms with Crippen molar-refractivity contribution in [3.8, 4) is 0 Å². The molecule has 1 aromatic rings. The number of nitrogens with two attached hydrogens (primary N) is 2. The second-order valence-electron chi connectivity index (χ2n) is 3.78. The van der Waals surface area contributed by atoms with E-state index in [4.69, 9.17) is 11.5 Å². The molecule has 0 radical (unpaired) electrons. The van der Waals surface area contributed by atoms with Crippen LogP contribution in [0.25, 0.3) is 0 Å². The number of anilines is 1. The molecular weight excluding hydrogens is 204 g/mol. The number of hydrogen-bond acceptors (Lipinski definition) is 4. The summed E-state index contributed by atoms with van der Waals surface area (Å²) in [6.07, 6.45) is 0.887. The molecule has 4 N–H and O–H groups in total. The van der Waals surface area contributed by atoms with Gasteiger partial charge in [0.1, 0.15) is 5.82 Å². The monoisotopic (exact) mass is 222 g/mol. The number of aromatic nitrogens is 1. The predicted molar refractivity (Wildman–Crippen MR) is 64.4 cm³/mol. The van der Waals surface area contributed by atoms with Gasteiger partial charge in [0.25, 0.3) is 0 Å². The Morgan fingerprint density at radius 1 is 1.50 bits per heavy atom. The molecule has 88 valence electrons. The van der Waals surface area contributed by atoms with Crippen LogP contribution in [0.2, 0.25) is 0 Å². The van der Waals surface area contributed by atoms with Crippen LogP contribution in [0.15, 0.2) is 12.1 Å². The minimum Gasteiger partial charge on any atom is -0.366 e. The van der Waals surface area contributed by atoms with Gasteiger partial charge in [-0.25, -0.2) is 4.98 Å². The Morgan fingerprint density at radius 3 is 2.75 bits per heavy atom. The van der Waals surface area contributed by atoms with Crippen molar-refractivity contribution >= 4 is 11.7 Å². The summed E-state index contributed by atoms with van der Waals surface area (Å²) in [5.74, 6) is 0.321. The number of carbonyl (C=O) groups excluding carboxylic acids is 1. The lowest BCUT2D eigenvalue weighted by molar-refractivity contribution is 0.1000. The van der Waals surface area contributed by atoms with Crippen LogP contribution in [0.4, 0.5) is 5.82 Å². The lowest BCUT2D eigenvalue weighted by Gasteiger charge is -2.18. The van der Waals surface area contributed by atoms with E-state index >= 15 is 0 Å². The molecule has 0 unspecified atom stereocenters. The quantitative estimate of drug-likeness (QED) is 0.749. The number of pyridine rings is 1. The van der Waals surface area contributed by atoms with Crippen molar-refractivity contribution in [1.29, 1.82) is 0 Å². The van der Waals surface area contributed by atoms with Gasteiger partial charge in [-0.3, -0.25) is 4.79 Å². The van der Waals surface area contributed by atoms with Gasteiger partial charge in [0.05, 0.1) is 0 Å². The van der Waals surface area contributed by atoms with Crippen LogP contribution in [-0.2, 0) is 0 Å². The summed E-state index contributed by atoms with van der Waals surface area (Å²) >= 11 is 0. The van der Waals surface area contributed by atoms with Crippen molar-refractivity contribution in [2.24, 2.45) is 11.5 Å². The molecular formula is C11H18N4O. The first kappa shape index (κ1) is 12.4. The lowest BCUT2D eigenvalue weighted by Crippen LogP contribution is -2.23. The molecule has 5 nitrogen and oxygen atoms in total. The summed E-state index contributed by atoms with van der Waals surface area (Å²) in [5, 5.41) is 0. The molecule has 0 spiro atoms. The smallest absolute Gasteiger partial charge is 0.248 e. The highest BCUT2D eigenvalue weighted by Crippen LogP contribution is 2.13. The topological polar surface area (TPSA) is 85.2 Å². The Hall–Kier alpha value is -1.62. The molecule has 0 fully saturated rings. The van der Waals surface area contributed by atoms with Crippen LogP contribution in [-0.4, -0.2) is 31.0 Å². The molecule has 0 aromatic carbocycles. The maximum Gasteiger partial charge on any atom is 0.248 e. The Bertz CT molecular complexity index is 378. The van der Waals surface area contributed by atoms with E-state index in [0.29, 0.717) is 12.1 Å². The number of carbonyl (C=O) groups is 1. The van der Waals surface area contributed by atoms with E-state index in [2.05, 4.69) is 4.98 Å². The van der Waals surface area contributed by atoms with E-state index in [1.165, 1.54) is 0 Å². The zero-order valence-electron chi connectivity index (χ0n) is 9.73. The first-order valence-electron chi connectivity index (χ1n) is 5.24. The number of primary amides is 1. The van der Waals surface area contributed by atoms with E-state index in [0.717, 1.165) is 24.5 Å². The highest BCUT2D eigenvalue weighted by molar-refractivity contribution is 5.93. The SMILES string of the molecule is Cc1cc(C(N)=O)cc(N(C)CCCN)n1. The Labute approximate surface area is 95.4 Å². The van der Waals surface area contributed by atoms with E-state index in [-0.39, 0.29) is 0 Å². The summed E-state index contributed by atoms with van der Waals surface area (Å²) in [5.41, 5.74) is 12.0. The van der Waals surface area contributed by atoms with E-state index in [9.17, 15) is 4.79 Å². The van der Waals surface area contributed by atoms with Gasteiger partial charge in [0.15, 0.2) is 0 Å². The van der Waals surface area contributed by atoms with Gasteiger partial charge < -0.3 is 16.4 Å². The normalized spacial score (nSPS) is 10.2. The molecule has 0 aliphatic rings. The fourth-order valence-electron chi connectivity index (χ4n) is 1.43. The molecule has 1 rings (SSSR count). The van der Waals surface area contributed by atoms with Crippen molar-refractivity contribution in [3.05, 3.63) is 23.4 Å². The van der Waals surface area contributed by atoms with E-state index < -0.39 is 5.91 Å². The van der Waals surface area contributed by atoms with Crippen molar-refractivity contribution in [2.75, 3.05) is 25.0 Å². The third-order valence-corrected chi connectivity index (χ3v) is 2.31. The molecule has 16 heavy (non-hydrogen) atoms. The minimum absolute atomic E-state index is 0.432. The lowest BCUT2D eigenvalue weighted by atomic mass is 10.2. The van der Waals surface area contributed by atoms with Crippen molar-refractivity contribution < 1.29 is 4.79 Å². The second-order valence-corrected chi connectivity index (χ2v) is 3.78. The van der Waals surface area contributed by atoms with Crippen LogP contribution < -0.4 is 16.4 Å². The molecule has 5 heteroatoms. The Kier molecular flexibility index (Phi) is 4.25. The fourth-order valence-corrected chi connectivity index (χ4v) is 1.43. The number of hydrogen-bond donors (Lipinski definition) is 2. The molecule has 0 aliphatic carbocycles. The summed E-state index contributed by atoms with van der Waals surface area (Å²) in [7, 11) is 1.92. The van der Waals surface area contributed by atoms with Crippen molar-refractivity contribution in [3.63, 3.8) is 0 Å². The first-order valence-corrected chi connectivity index (χ1v) is 5.24. The molecule has 1 aromatic heterocycles. The number of amides is 1. The molecule has 0 atom stereocenters. The summed E-state index contributed by atoms with van der Waals surface area (Å²) in [6, 6.07) is 3.38. The molecule has 0 bridgehead atoms. The van der Waals surface area contributed by atoms with E-state index in [1.54, 1.807) is 12.1 Å². The molecule has 1 amide bonds. The second kappa shape index (κ2) is 5.46. The van der Waals surface area contributed by atoms with Crippen LogP contribution in [0, 0.1) is 6.92 Å². The van der Waals surface area contributed by atoms with Gasteiger partial charge in [-0.15, -0.1) is 0 Å². The van der Waals surface area contributed by atoms with Crippen LogP contribution >= 0.6 is 0 Å². The molecule has 0 aliphatic heterocycles. The van der Waals surface area contributed by atoms with Gasteiger partial charge in [0.2, 0.25) is 5.91 Å². The van der Waals surface area contributed by atoms with Gasteiger partial charge in [-0.1, -0.05) is 0 Å². The zero-order valence-corrected chi connectivity index (χ0v) is 9.73. The fraction of sp³-hybridized carbons (Fsp3) is 0.455. The maximum absolute atomic E-state index is 11.1. The molecule has 1 heterocycles. The minimum atomic E-state index is -0.432. The number of aryl methyl sites for hydroxylation is 1. The average molecular weight is 222 g/mol. The van der Waals surface area contributed by atoms with E-state index in [1.807, 2.05) is 18.9 Å².